The molecule has 3 rings (SSSR count). The third kappa shape index (κ3) is 7.75. The van der Waals surface area contributed by atoms with Gasteiger partial charge in [-0.3, -0.25) is 13.9 Å². The molecular formula is C28H30BrCl2N3O4S. The van der Waals surface area contributed by atoms with E-state index in [1.165, 1.54) is 17.0 Å². The van der Waals surface area contributed by atoms with E-state index in [4.69, 9.17) is 23.2 Å². The summed E-state index contributed by atoms with van der Waals surface area (Å²) in [7, 11) is -4.14. The van der Waals surface area contributed by atoms with Gasteiger partial charge in [-0.2, -0.15) is 0 Å². The van der Waals surface area contributed by atoms with Crippen LogP contribution in [0.25, 0.3) is 0 Å². The van der Waals surface area contributed by atoms with Crippen molar-refractivity contribution in [2.45, 2.75) is 50.7 Å². The predicted molar refractivity (Wildman–Crippen MR) is 159 cm³/mol. The maximum absolute atomic E-state index is 14.0. The van der Waals surface area contributed by atoms with E-state index in [-0.39, 0.29) is 29.8 Å². The van der Waals surface area contributed by atoms with E-state index in [1.54, 1.807) is 67.6 Å². The van der Waals surface area contributed by atoms with Gasteiger partial charge in [0.15, 0.2) is 0 Å². The Hall–Kier alpha value is -2.59. The molecule has 0 radical (unpaired) electrons. The van der Waals surface area contributed by atoms with Gasteiger partial charge in [0.1, 0.15) is 12.6 Å². The van der Waals surface area contributed by atoms with Gasteiger partial charge in [-0.15, -0.1) is 0 Å². The van der Waals surface area contributed by atoms with E-state index in [0.29, 0.717) is 21.3 Å². The number of anilines is 1. The molecule has 0 saturated carbocycles. The maximum atomic E-state index is 14.0. The summed E-state index contributed by atoms with van der Waals surface area (Å²) in [6.45, 7) is 4.80. The Kier molecular flexibility index (Phi) is 10.8. The summed E-state index contributed by atoms with van der Waals surface area (Å²) in [5, 5.41) is 3.52. The zero-order chi connectivity index (χ0) is 28.7. The first-order valence-electron chi connectivity index (χ1n) is 12.3. The minimum Gasteiger partial charge on any atom is -0.352 e. The highest BCUT2D eigenvalue weighted by atomic mass is 79.9. The van der Waals surface area contributed by atoms with Crippen molar-refractivity contribution in [2.24, 2.45) is 0 Å². The van der Waals surface area contributed by atoms with Crippen molar-refractivity contribution >= 4 is 66.7 Å². The third-order valence-corrected chi connectivity index (χ3v) is 8.96. The monoisotopic (exact) mass is 653 g/mol. The Morgan fingerprint density at radius 2 is 1.51 bits per heavy atom. The van der Waals surface area contributed by atoms with Crippen molar-refractivity contribution in [3.05, 3.63) is 92.9 Å². The van der Waals surface area contributed by atoms with Crippen molar-refractivity contribution in [3.8, 4) is 0 Å². The second-order valence-corrected chi connectivity index (χ2v) is 12.7. The molecule has 1 N–H and O–H groups in total. The normalized spacial score (nSPS) is 12.2. The number of halogens is 3. The smallest absolute Gasteiger partial charge is 0.264 e. The van der Waals surface area contributed by atoms with Crippen molar-refractivity contribution in [1.82, 2.24) is 10.2 Å². The Morgan fingerprint density at radius 3 is 2.05 bits per heavy atom. The van der Waals surface area contributed by atoms with E-state index in [2.05, 4.69) is 21.2 Å². The number of benzene rings is 3. The molecule has 0 aromatic heterocycles. The Bertz CT molecular complexity index is 1380. The SMILES string of the molecule is CC[C@@H](C(=O)NC(C)C)N(Cc1c(Cl)cccc1Cl)C(=O)CN(c1ccc(Br)cc1)S(=O)(=O)c1ccccc1. The maximum Gasteiger partial charge on any atom is 0.264 e. The zero-order valence-corrected chi connectivity index (χ0v) is 25.7. The van der Waals surface area contributed by atoms with Crippen LogP contribution in [0.1, 0.15) is 32.8 Å². The van der Waals surface area contributed by atoms with Crippen LogP contribution < -0.4 is 9.62 Å². The first-order chi connectivity index (χ1) is 18.4. The summed E-state index contributed by atoms with van der Waals surface area (Å²) >= 11 is 16.2. The molecule has 0 spiro atoms. The van der Waals surface area contributed by atoms with Gasteiger partial charge >= 0.3 is 0 Å². The fourth-order valence-electron chi connectivity index (χ4n) is 4.01. The Balaban J connectivity index is 2.09. The van der Waals surface area contributed by atoms with E-state index < -0.39 is 28.5 Å². The second kappa shape index (κ2) is 13.7. The molecule has 0 heterocycles. The summed E-state index contributed by atoms with van der Waals surface area (Å²) in [6.07, 6.45) is 0.288. The molecule has 11 heteroatoms. The lowest BCUT2D eigenvalue weighted by Crippen LogP contribution is -2.53. The summed E-state index contributed by atoms with van der Waals surface area (Å²) in [6, 6.07) is 18.4. The molecule has 208 valence electrons. The molecule has 0 aliphatic carbocycles. The summed E-state index contributed by atoms with van der Waals surface area (Å²) in [5.41, 5.74) is 0.761. The molecule has 0 saturated heterocycles. The van der Waals surface area contributed by atoms with E-state index in [9.17, 15) is 18.0 Å². The van der Waals surface area contributed by atoms with Crippen molar-refractivity contribution in [3.63, 3.8) is 0 Å². The number of hydrogen-bond acceptors (Lipinski definition) is 4. The van der Waals surface area contributed by atoms with Crippen LogP contribution >= 0.6 is 39.1 Å². The highest BCUT2D eigenvalue weighted by Gasteiger charge is 2.34. The van der Waals surface area contributed by atoms with Gasteiger partial charge in [0.05, 0.1) is 10.6 Å². The van der Waals surface area contributed by atoms with Crippen molar-refractivity contribution < 1.29 is 18.0 Å². The average molecular weight is 655 g/mol. The Morgan fingerprint density at radius 1 is 0.923 bits per heavy atom. The second-order valence-electron chi connectivity index (χ2n) is 9.11. The van der Waals surface area contributed by atoms with Crippen LogP contribution in [0.15, 0.2) is 82.2 Å². The molecule has 0 unspecified atom stereocenters. The highest BCUT2D eigenvalue weighted by Crippen LogP contribution is 2.29. The fourth-order valence-corrected chi connectivity index (χ4v) is 6.23. The van der Waals surface area contributed by atoms with Gasteiger partial charge in [0.2, 0.25) is 11.8 Å². The van der Waals surface area contributed by atoms with Gasteiger partial charge in [0, 0.05) is 32.7 Å². The van der Waals surface area contributed by atoms with Gasteiger partial charge in [-0.25, -0.2) is 8.42 Å². The minimum absolute atomic E-state index is 0.0333. The first-order valence-corrected chi connectivity index (χ1v) is 15.3. The molecule has 3 aromatic carbocycles. The van der Waals surface area contributed by atoms with Gasteiger partial charge < -0.3 is 10.2 Å². The lowest BCUT2D eigenvalue weighted by atomic mass is 10.1. The van der Waals surface area contributed by atoms with Crippen LogP contribution in [-0.2, 0) is 26.2 Å². The number of carbonyl (C=O) groups is 2. The Labute approximate surface area is 248 Å². The van der Waals surface area contributed by atoms with Crippen LogP contribution in [0.2, 0.25) is 10.0 Å². The lowest BCUT2D eigenvalue weighted by molar-refractivity contribution is -0.140. The topological polar surface area (TPSA) is 86.8 Å². The quantitative estimate of drug-likeness (QED) is 0.264. The van der Waals surface area contributed by atoms with Gasteiger partial charge in [-0.1, -0.05) is 70.3 Å². The van der Waals surface area contributed by atoms with Crippen molar-refractivity contribution in [1.29, 1.82) is 0 Å². The number of sulfonamides is 1. The number of amides is 2. The molecule has 3 aromatic rings. The minimum atomic E-state index is -4.14. The van der Waals surface area contributed by atoms with E-state index >= 15 is 0 Å². The molecule has 0 fully saturated rings. The van der Waals surface area contributed by atoms with Gasteiger partial charge in [-0.05, 0) is 68.8 Å². The number of carbonyl (C=O) groups excluding carboxylic acids is 2. The van der Waals surface area contributed by atoms with Crippen LogP contribution in [0.3, 0.4) is 0 Å². The fraction of sp³-hybridized carbons (Fsp3) is 0.286. The molecule has 2 amide bonds. The largest absolute Gasteiger partial charge is 0.352 e. The number of hydrogen-bond donors (Lipinski definition) is 1. The standard InChI is InChI=1S/C28H30BrCl2N3O4S/c1-4-26(28(36)32-19(2)3)33(17-23-24(30)11-8-12-25(23)31)27(35)18-34(21-15-13-20(29)14-16-21)39(37,38)22-9-6-5-7-10-22/h5-16,19,26H,4,17-18H2,1-3H3,(H,32,36)/t26-/m0/s1. The lowest BCUT2D eigenvalue weighted by Gasteiger charge is -2.34. The van der Waals surface area contributed by atoms with Crippen LogP contribution in [0.4, 0.5) is 5.69 Å². The predicted octanol–water partition coefficient (Wildman–Crippen LogP) is 6.28. The van der Waals surface area contributed by atoms with Gasteiger partial charge in [0.25, 0.3) is 10.0 Å². The molecular weight excluding hydrogens is 625 g/mol. The highest BCUT2D eigenvalue weighted by molar-refractivity contribution is 9.10. The summed E-state index contributed by atoms with van der Waals surface area (Å²) in [4.78, 5) is 28.6. The number of nitrogens with zero attached hydrogens (tertiary/aromatic N) is 2. The summed E-state index contributed by atoms with van der Waals surface area (Å²) < 4.78 is 29.4. The average Bonchev–Trinajstić information content (AvgIpc) is 2.89. The molecule has 0 aliphatic rings. The van der Waals surface area contributed by atoms with E-state index in [1.807, 2.05) is 13.8 Å². The third-order valence-electron chi connectivity index (χ3n) is 5.93. The molecule has 1 atom stereocenters. The van der Waals surface area contributed by atoms with E-state index in [0.717, 1.165) is 8.78 Å². The van der Waals surface area contributed by atoms with Crippen molar-refractivity contribution in [2.75, 3.05) is 10.8 Å². The molecule has 0 bridgehead atoms. The number of rotatable bonds is 11. The molecule has 7 nitrogen and oxygen atoms in total. The van der Waals surface area contributed by atoms with Crippen LogP contribution in [-0.4, -0.2) is 43.8 Å². The summed E-state index contributed by atoms with van der Waals surface area (Å²) in [5.74, 6) is -0.940. The zero-order valence-electron chi connectivity index (χ0n) is 21.8. The molecule has 0 aliphatic heterocycles. The molecule has 39 heavy (non-hydrogen) atoms. The van der Waals surface area contributed by atoms with Crippen LogP contribution in [0.5, 0.6) is 0 Å². The number of nitrogens with one attached hydrogen (secondary N) is 1. The van der Waals surface area contributed by atoms with Crippen LogP contribution in [0, 0.1) is 0 Å². The first kappa shape index (κ1) is 30.9.